The Kier molecular flexibility index (Phi) is 7.07. The minimum atomic E-state index is -3.67. The Morgan fingerprint density at radius 3 is 2.40 bits per heavy atom. The highest BCUT2D eigenvalue weighted by Crippen LogP contribution is 2.15. The lowest BCUT2D eigenvalue weighted by Gasteiger charge is -2.09. The molecule has 0 unspecified atom stereocenters. The van der Waals surface area contributed by atoms with E-state index in [9.17, 15) is 13.2 Å². The number of carbonyl (C=O) groups excluding carboxylic acids is 1. The van der Waals surface area contributed by atoms with Gasteiger partial charge in [-0.05, 0) is 42.5 Å². The van der Waals surface area contributed by atoms with Crippen LogP contribution < -0.4 is 14.8 Å². The van der Waals surface area contributed by atoms with Gasteiger partial charge in [0.2, 0.25) is 10.0 Å². The topological polar surface area (TPSA) is 84.5 Å². The number of rotatable bonds is 8. The van der Waals surface area contributed by atoms with Gasteiger partial charge in [0.25, 0.3) is 5.91 Å². The van der Waals surface area contributed by atoms with Gasteiger partial charge < -0.3 is 10.1 Å². The van der Waals surface area contributed by atoms with Gasteiger partial charge in [-0.15, -0.1) is 0 Å². The van der Waals surface area contributed by atoms with Gasteiger partial charge in [-0.2, -0.15) is 0 Å². The SMILES string of the molecule is O=C(COc1ccc(Cl)cc1)NCCNS(=O)(=O)c1cccc(Cl)c1. The minimum absolute atomic E-state index is 0.0432. The third kappa shape index (κ3) is 6.55. The molecule has 6 nitrogen and oxygen atoms in total. The second-order valence-electron chi connectivity index (χ2n) is 4.95. The summed E-state index contributed by atoms with van der Waals surface area (Å²) in [5, 5.41) is 3.46. The standard InChI is InChI=1S/C16H16Cl2N2O4S/c17-12-4-6-14(7-5-12)24-11-16(21)19-8-9-20-25(22,23)15-3-1-2-13(18)10-15/h1-7,10,20H,8-9,11H2,(H,19,21). The Bertz CT molecular complexity index is 826. The van der Waals surface area contributed by atoms with Gasteiger partial charge in [0.15, 0.2) is 6.61 Å². The minimum Gasteiger partial charge on any atom is -0.484 e. The van der Waals surface area contributed by atoms with E-state index in [4.69, 9.17) is 27.9 Å². The number of benzene rings is 2. The van der Waals surface area contributed by atoms with Gasteiger partial charge in [-0.1, -0.05) is 29.3 Å². The van der Waals surface area contributed by atoms with Crippen LogP contribution in [0.25, 0.3) is 0 Å². The average Bonchev–Trinajstić information content (AvgIpc) is 2.58. The van der Waals surface area contributed by atoms with Gasteiger partial charge in [-0.25, -0.2) is 13.1 Å². The van der Waals surface area contributed by atoms with Crippen LogP contribution >= 0.6 is 23.2 Å². The third-order valence-electron chi connectivity index (χ3n) is 3.03. The molecule has 0 heterocycles. The molecule has 0 aliphatic rings. The quantitative estimate of drug-likeness (QED) is 0.664. The predicted molar refractivity (Wildman–Crippen MR) is 96.6 cm³/mol. The fraction of sp³-hybridized carbons (Fsp3) is 0.188. The molecule has 9 heteroatoms. The average molecular weight is 403 g/mol. The Morgan fingerprint density at radius 2 is 1.72 bits per heavy atom. The molecule has 0 saturated heterocycles. The molecule has 25 heavy (non-hydrogen) atoms. The largest absolute Gasteiger partial charge is 0.484 e. The Hall–Kier alpha value is -1.80. The summed E-state index contributed by atoms with van der Waals surface area (Å²) in [5.41, 5.74) is 0. The molecule has 0 fully saturated rings. The highest BCUT2D eigenvalue weighted by Gasteiger charge is 2.13. The highest BCUT2D eigenvalue weighted by atomic mass is 35.5. The van der Waals surface area contributed by atoms with Crippen LogP contribution in [0, 0.1) is 0 Å². The maximum atomic E-state index is 12.0. The Morgan fingerprint density at radius 1 is 1.00 bits per heavy atom. The predicted octanol–water partition coefficient (Wildman–Crippen LogP) is 2.47. The number of amides is 1. The number of ether oxygens (including phenoxy) is 1. The van der Waals surface area contributed by atoms with Crippen molar-refractivity contribution >= 4 is 39.1 Å². The number of sulfonamides is 1. The summed E-state index contributed by atoms with van der Waals surface area (Å²) in [6.07, 6.45) is 0. The van der Waals surface area contributed by atoms with E-state index in [0.29, 0.717) is 15.8 Å². The normalized spacial score (nSPS) is 11.1. The van der Waals surface area contributed by atoms with E-state index in [0.717, 1.165) is 0 Å². The second kappa shape index (κ2) is 9.05. The van der Waals surface area contributed by atoms with Crippen LogP contribution in [-0.2, 0) is 14.8 Å². The molecule has 0 saturated carbocycles. The van der Waals surface area contributed by atoms with E-state index < -0.39 is 10.0 Å². The van der Waals surface area contributed by atoms with Crippen molar-refractivity contribution in [3.8, 4) is 5.75 Å². The van der Waals surface area contributed by atoms with Crippen LogP contribution in [0.3, 0.4) is 0 Å². The molecule has 134 valence electrons. The van der Waals surface area contributed by atoms with Crippen molar-refractivity contribution in [2.45, 2.75) is 4.90 Å². The fourth-order valence-corrected chi connectivity index (χ4v) is 3.29. The van der Waals surface area contributed by atoms with Gasteiger partial charge in [-0.3, -0.25) is 4.79 Å². The second-order valence-corrected chi connectivity index (χ2v) is 7.59. The van der Waals surface area contributed by atoms with Crippen LogP contribution in [0.4, 0.5) is 0 Å². The zero-order valence-electron chi connectivity index (χ0n) is 13.0. The smallest absolute Gasteiger partial charge is 0.257 e. The summed E-state index contributed by atoms with van der Waals surface area (Å²) in [4.78, 5) is 11.7. The van der Waals surface area contributed by atoms with Crippen LogP contribution in [0.1, 0.15) is 0 Å². The number of carbonyl (C=O) groups is 1. The summed E-state index contributed by atoms with van der Waals surface area (Å²) in [7, 11) is -3.67. The first-order chi connectivity index (χ1) is 11.9. The molecule has 0 atom stereocenters. The van der Waals surface area contributed by atoms with Crippen LogP contribution in [0.2, 0.25) is 10.0 Å². The number of nitrogens with one attached hydrogen (secondary N) is 2. The zero-order chi connectivity index (χ0) is 18.3. The lowest BCUT2D eigenvalue weighted by molar-refractivity contribution is -0.123. The van der Waals surface area contributed by atoms with Crippen molar-refractivity contribution in [1.82, 2.24) is 10.0 Å². The first kappa shape index (κ1) is 19.5. The number of halogens is 2. The summed E-state index contributed by atoms with van der Waals surface area (Å²) < 4.78 is 31.8. The highest BCUT2D eigenvalue weighted by molar-refractivity contribution is 7.89. The molecule has 0 spiro atoms. The van der Waals surface area contributed by atoms with Gasteiger partial charge in [0.1, 0.15) is 5.75 Å². The van der Waals surface area contributed by atoms with E-state index in [1.807, 2.05) is 0 Å². The Labute approximate surface area is 156 Å². The van der Waals surface area contributed by atoms with Crippen molar-refractivity contribution in [3.05, 3.63) is 58.6 Å². The molecule has 2 rings (SSSR count). The van der Waals surface area contributed by atoms with E-state index in [1.54, 1.807) is 36.4 Å². The summed E-state index contributed by atoms with van der Waals surface area (Å²) in [6.45, 7) is -0.00713. The van der Waals surface area contributed by atoms with E-state index in [2.05, 4.69) is 10.0 Å². The van der Waals surface area contributed by atoms with Crippen molar-refractivity contribution in [2.75, 3.05) is 19.7 Å². The lowest BCUT2D eigenvalue weighted by Crippen LogP contribution is -2.36. The van der Waals surface area contributed by atoms with E-state index >= 15 is 0 Å². The molecule has 2 aromatic carbocycles. The van der Waals surface area contributed by atoms with Crippen LogP contribution in [0.15, 0.2) is 53.4 Å². The third-order valence-corrected chi connectivity index (χ3v) is 4.97. The summed E-state index contributed by atoms with van der Waals surface area (Å²) in [6, 6.07) is 12.5. The van der Waals surface area contributed by atoms with Gasteiger partial charge in [0.05, 0.1) is 4.90 Å². The first-order valence-electron chi connectivity index (χ1n) is 7.27. The molecule has 0 radical (unpaired) electrons. The number of hydrogen-bond acceptors (Lipinski definition) is 4. The van der Waals surface area contributed by atoms with Crippen LogP contribution in [0.5, 0.6) is 5.75 Å². The maximum absolute atomic E-state index is 12.0. The van der Waals surface area contributed by atoms with Crippen molar-refractivity contribution in [3.63, 3.8) is 0 Å². The van der Waals surface area contributed by atoms with Crippen molar-refractivity contribution in [1.29, 1.82) is 0 Å². The van der Waals surface area contributed by atoms with E-state index in [1.165, 1.54) is 12.1 Å². The molecular weight excluding hydrogens is 387 g/mol. The molecule has 2 N–H and O–H groups in total. The molecular formula is C16H16Cl2N2O4S. The number of hydrogen-bond donors (Lipinski definition) is 2. The molecule has 0 aliphatic carbocycles. The summed E-state index contributed by atoms with van der Waals surface area (Å²) in [5.74, 6) is 0.151. The van der Waals surface area contributed by atoms with E-state index in [-0.39, 0.29) is 30.5 Å². The maximum Gasteiger partial charge on any atom is 0.257 e. The Balaban J connectivity index is 1.71. The van der Waals surface area contributed by atoms with Gasteiger partial charge >= 0.3 is 0 Å². The lowest BCUT2D eigenvalue weighted by atomic mass is 10.3. The van der Waals surface area contributed by atoms with Gasteiger partial charge in [0, 0.05) is 23.1 Å². The molecule has 2 aromatic rings. The molecule has 1 amide bonds. The van der Waals surface area contributed by atoms with Crippen molar-refractivity contribution in [2.24, 2.45) is 0 Å². The zero-order valence-corrected chi connectivity index (χ0v) is 15.4. The monoisotopic (exact) mass is 402 g/mol. The van der Waals surface area contributed by atoms with Crippen LogP contribution in [-0.4, -0.2) is 34.0 Å². The fourth-order valence-electron chi connectivity index (χ4n) is 1.84. The molecule has 0 bridgehead atoms. The first-order valence-corrected chi connectivity index (χ1v) is 9.51. The van der Waals surface area contributed by atoms with Crippen molar-refractivity contribution < 1.29 is 17.9 Å². The molecule has 0 aliphatic heterocycles. The summed E-state index contributed by atoms with van der Waals surface area (Å²) >= 11 is 11.5. The molecule has 0 aromatic heterocycles.